The third-order valence-electron chi connectivity index (χ3n) is 6.42. The first-order valence-corrected chi connectivity index (χ1v) is 15.9. The average molecular weight is 577 g/mol. The molecule has 0 aromatic carbocycles. The van der Waals surface area contributed by atoms with E-state index in [2.05, 4.69) is 6.92 Å². The molecule has 0 aliphatic carbocycles. The Morgan fingerprint density at radius 1 is 0.425 bits per heavy atom. The highest BCUT2D eigenvalue weighted by molar-refractivity contribution is 5.69. The van der Waals surface area contributed by atoms with Crippen LogP contribution in [0.4, 0.5) is 0 Å². The van der Waals surface area contributed by atoms with Crippen molar-refractivity contribution in [2.24, 2.45) is 0 Å². The molecule has 0 fully saturated rings. The van der Waals surface area contributed by atoms with Gasteiger partial charge in [0.2, 0.25) is 0 Å². The van der Waals surface area contributed by atoms with E-state index in [1.165, 1.54) is 83.5 Å². The number of aliphatic carboxylic acids is 1. The van der Waals surface area contributed by atoms with E-state index in [0.29, 0.717) is 65.9 Å². The summed E-state index contributed by atoms with van der Waals surface area (Å²) in [5.74, 6) is -1.01. The van der Waals surface area contributed by atoms with Crippen LogP contribution in [0.25, 0.3) is 0 Å². The van der Waals surface area contributed by atoms with Crippen molar-refractivity contribution in [2.45, 2.75) is 116 Å². The molecule has 0 radical (unpaired) electrons. The molecule has 0 aromatic rings. The predicted molar refractivity (Wildman–Crippen MR) is 157 cm³/mol. The summed E-state index contributed by atoms with van der Waals surface area (Å²) in [4.78, 5) is 22.1. The molecule has 0 saturated heterocycles. The zero-order chi connectivity index (χ0) is 29.2. The number of rotatable bonds is 34. The summed E-state index contributed by atoms with van der Waals surface area (Å²) in [5.41, 5.74) is 0. The summed E-state index contributed by atoms with van der Waals surface area (Å²) in [7, 11) is 0. The number of carboxylic acid groups (broad SMARTS) is 1. The molecule has 0 unspecified atom stereocenters. The van der Waals surface area contributed by atoms with E-state index < -0.39 is 5.97 Å². The van der Waals surface area contributed by atoms with Gasteiger partial charge in [-0.05, 0) is 6.42 Å². The fraction of sp³-hybridized carbons (Fsp3) is 0.935. The molecule has 0 rings (SSSR count). The quantitative estimate of drug-likeness (QED) is 0.0692. The van der Waals surface area contributed by atoms with Crippen molar-refractivity contribution < 1.29 is 43.1 Å². The lowest BCUT2D eigenvalue weighted by atomic mass is 10.0. The Morgan fingerprint density at radius 2 is 0.750 bits per heavy atom. The van der Waals surface area contributed by atoms with Crippen LogP contribution in [0.2, 0.25) is 0 Å². The van der Waals surface area contributed by atoms with Gasteiger partial charge in [0.25, 0.3) is 0 Å². The van der Waals surface area contributed by atoms with Crippen molar-refractivity contribution in [1.82, 2.24) is 0 Å². The number of unbranched alkanes of at least 4 members (excludes halogenated alkanes) is 14. The minimum absolute atomic E-state index is 0.00120. The van der Waals surface area contributed by atoms with E-state index in [9.17, 15) is 9.59 Å². The maximum absolute atomic E-state index is 11.8. The molecule has 0 saturated carbocycles. The van der Waals surface area contributed by atoms with Crippen LogP contribution in [0, 0.1) is 0 Å². The van der Waals surface area contributed by atoms with Crippen LogP contribution in [-0.2, 0) is 38.0 Å². The molecule has 0 aliphatic rings. The topological polar surface area (TPSA) is 110 Å². The van der Waals surface area contributed by atoms with E-state index in [0.717, 1.165) is 12.8 Å². The molecule has 0 heterocycles. The van der Waals surface area contributed by atoms with Gasteiger partial charge in [-0.3, -0.25) is 9.59 Å². The lowest BCUT2D eigenvalue weighted by Gasteiger charge is -2.08. The third-order valence-corrected chi connectivity index (χ3v) is 6.42. The lowest BCUT2D eigenvalue weighted by Crippen LogP contribution is -2.15. The van der Waals surface area contributed by atoms with E-state index in [4.69, 9.17) is 33.5 Å². The Hall–Kier alpha value is -1.26. The van der Waals surface area contributed by atoms with Crippen molar-refractivity contribution in [3.8, 4) is 0 Å². The molecule has 238 valence electrons. The van der Waals surface area contributed by atoms with Crippen LogP contribution in [0.1, 0.15) is 116 Å². The Morgan fingerprint density at radius 3 is 1.12 bits per heavy atom. The number of ether oxygens (including phenoxy) is 6. The number of carbonyl (C=O) groups is 2. The molecule has 1 N–H and O–H groups in total. The van der Waals surface area contributed by atoms with Crippen LogP contribution in [0.5, 0.6) is 0 Å². The highest BCUT2D eigenvalue weighted by atomic mass is 16.6. The first kappa shape index (κ1) is 38.7. The monoisotopic (exact) mass is 576 g/mol. The van der Waals surface area contributed by atoms with Gasteiger partial charge in [0, 0.05) is 6.42 Å². The van der Waals surface area contributed by atoms with Crippen LogP contribution in [0.3, 0.4) is 0 Å². The summed E-state index contributed by atoms with van der Waals surface area (Å²) < 4.78 is 31.9. The van der Waals surface area contributed by atoms with Crippen molar-refractivity contribution in [3.05, 3.63) is 0 Å². The maximum Gasteiger partial charge on any atom is 0.305 e. The second-order valence-corrected chi connectivity index (χ2v) is 10.1. The fourth-order valence-corrected chi connectivity index (χ4v) is 4.07. The van der Waals surface area contributed by atoms with Crippen molar-refractivity contribution in [3.63, 3.8) is 0 Å². The average Bonchev–Trinajstić information content (AvgIpc) is 2.94. The number of esters is 1. The lowest BCUT2D eigenvalue weighted by molar-refractivity contribution is -0.145. The van der Waals surface area contributed by atoms with Crippen LogP contribution in [-0.4, -0.2) is 89.7 Å². The summed E-state index contributed by atoms with van der Waals surface area (Å²) in [6.07, 6.45) is 20.2. The van der Waals surface area contributed by atoms with Gasteiger partial charge < -0.3 is 33.5 Å². The van der Waals surface area contributed by atoms with Crippen LogP contribution < -0.4 is 0 Å². The molecule has 0 atom stereocenters. The largest absolute Gasteiger partial charge is 0.481 e. The molecule has 0 bridgehead atoms. The Kier molecular flexibility index (Phi) is 32.9. The zero-order valence-corrected chi connectivity index (χ0v) is 25.5. The molecular formula is C31H60O9. The SMILES string of the molecule is CCCCCCCCCCCCCCCCCC(=O)OCCOCCOCCOCCOCCOCCC(=O)O. The summed E-state index contributed by atoms with van der Waals surface area (Å²) in [6.45, 7) is 6.65. The highest BCUT2D eigenvalue weighted by Crippen LogP contribution is 2.13. The van der Waals surface area contributed by atoms with Gasteiger partial charge >= 0.3 is 11.9 Å². The molecule has 40 heavy (non-hydrogen) atoms. The van der Waals surface area contributed by atoms with Gasteiger partial charge in [0.15, 0.2) is 0 Å². The first-order valence-electron chi connectivity index (χ1n) is 15.9. The molecule has 9 nitrogen and oxygen atoms in total. The van der Waals surface area contributed by atoms with Gasteiger partial charge in [-0.25, -0.2) is 0 Å². The van der Waals surface area contributed by atoms with Gasteiger partial charge in [0.1, 0.15) is 6.61 Å². The molecule has 0 spiro atoms. The van der Waals surface area contributed by atoms with Gasteiger partial charge in [0.05, 0.1) is 72.5 Å². The minimum atomic E-state index is -0.871. The van der Waals surface area contributed by atoms with Crippen molar-refractivity contribution in [2.75, 3.05) is 72.7 Å². The number of hydrogen-bond acceptors (Lipinski definition) is 8. The molecular weight excluding hydrogens is 516 g/mol. The summed E-state index contributed by atoms with van der Waals surface area (Å²) in [6, 6.07) is 0. The van der Waals surface area contributed by atoms with Gasteiger partial charge in [-0.15, -0.1) is 0 Å². The Bertz CT molecular complexity index is 531. The van der Waals surface area contributed by atoms with E-state index in [1.54, 1.807) is 0 Å². The van der Waals surface area contributed by atoms with Crippen molar-refractivity contribution in [1.29, 1.82) is 0 Å². The van der Waals surface area contributed by atoms with Crippen molar-refractivity contribution >= 4 is 11.9 Å². The smallest absolute Gasteiger partial charge is 0.305 e. The zero-order valence-electron chi connectivity index (χ0n) is 25.5. The minimum Gasteiger partial charge on any atom is -0.481 e. The van der Waals surface area contributed by atoms with E-state index in [1.807, 2.05) is 0 Å². The van der Waals surface area contributed by atoms with E-state index >= 15 is 0 Å². The van der Waals surface area contributed by atoms with Crippen LogP contribution >= 0.6 is 0 Å². The molecule has 9 heteroatoms. The second kappa shape index (κ2) is 33.9. The first-order chi connectivity index (χ1) is 19.7. The van der Waals surface area contributed by atoms with Gasteiger partial charge in [-0.1, -0.05) is 96.8 Å². The molecule has 0 amide bonds. The van der Waals surface area contributed by atoms with Crippen LogP contribution in [0.15, 0.2) is 0 Å². The van der Waals surface area contributed by atoms with E-state index in [-0.39, 0.29) is 25.6 Å². The fourth-order valence-electron chi connectivity index (χ4n) is 4.07. The number of carbonyl (C=O) groups excluding carboxylic acids is 1. The second-order valence-electron chi connectivity index (χ2n) is 10.1. The Labute approximate surface area is 243 Å². The van der Waals surface area contributed by atoms with Gasteiger partial charge in [-0.2, -0.15) is 0 Å². The predicted octanol–water partition coefficient (Wildman–Crippen LogP) is 6.35. The summed E-state index contributed by atoms with van der Waals surface area (Å²) in [5, 5.41) is 8.48. The standard InChI is InChI=1S/C31H60O9/c1-2-3-4-5-6-7-8-9-10-11-12-13-14-15-16-17-31(34)40-29-28-39-27-26-38-25-24-37-23-22-36-21-20-35-19-18-30(32)33/h2-29H2,1H3,(H,32,33). The summed E-state index contributed by atoms with van der Waals surface area (Å²) >= 11 is 0. The normalized spacial score (nSPS) is 11.2. The highest BCUT2D eigenvalue weighted by Gasteiger charge is 2.03. The molecule has 0 aromatic heterocycles. The number of carboxylic acids is 1. The Balaban J connectivity index is 3.15. The molecule has 0 aliphatic heterocycles. The maximum atomic E-state index is 11.8. The third kappa shape index (κ3) is 34.8. The number of hydrogen-bond donors (Lipinski definition) is 1.